The van der Waals surface area contributed by atoms with E-state index in [4.69, 9.17) is 4.74 Å². The second kappa shape index (κ2) is 6.69. The van der Waals surface area contributed by atoms with Crippen molar-refractivity contribution in [1.82, 2.24) is 0 Å². The Labute approximate surface area is 164 Å². The number of methoxy groups -OCH3 is 1. The van der Waals surface area contributed by atoms with Crippen LogP contribution < -0.4 is 4.74 Å². The molecule has 148 valence electrons. The number of alkyl halides is 2. The third kappa shape index (κ3) is 3.24. The molecule has 2 aromatic carbocycles. The zero-order valence-corrected chi connectivity index (χ0v) is 16.7. The van der Waals surface area contributed by atoms with Gasteiger partial charge in [-0.2, -0.15) is 8.78 Å². The minimum Gasteiger partial charge on any atom is -0.496 e. The van der Waals surface area contributed by atoms with Crippen molar-refractivity contribution >= 4 is 21.0 Å². The summed E-state index contributed by atoms with van der Waals surface area (Å²) in [5.74, 6) is -2.57. The molecule has 0 unspecified atom stereocenters. The number of ether oxygens (including phenoxy) is 1. The van der Waals surface area contributed by atoms with Crippen LogP contribution in [0.2, 0.25) is 0 Å². The minimum absolute atomic E-state index is 0.312. The predicted octanol–water partition coefficient (Wildman–Crippen LogP) is 5.48. The van der Waals surface area contributed by atoms with Crippen LogP contribution in [0.25, 0.3) is 11.1 Å². The first-order valence-corrected chi connectivity index (χ1v) is 10.8. The third-order valence-electron chi connectivity index (χ3n) is 5.93. The number of allylic oxidation sites excluding steroid dienone is 2. The molecule has 0 atom stereocenters. The number of sulfone groups is 1. The monoisotopic (exact) mass is 404 g/mol. The van der Waals surface area contributed by atoms with Crippen LogP contribution in [0.5, 0.6) is 5.75 Å². The summed E-state index contributed by atoms with van der Waals surface area (Å²) >= 11 is 0. The molecule has 0 heterocycles. The summed E-state index contributed by atoms with van der Waals surface area (Å²) < 4.78 is 54.3. The Morgan fingerprint density at radius 1 is 0.964 bits per heavy atom. The lowest BCUT2D eigenvalue weighted by atomic mass is 9.96. The van der Waals surface area contributed by atoms with E-state index in [1.165, 1.54) is 36.1 Å². The van der Waals surface area contributed by atoms with Crippen LogP contribution in [-0.2, 0) is 9.84 Å². The van der Waals surface area contributed by atoms with E-state index in [9.17, 15) is 17.2 Å². The third-order valence-corrected chi connectivity index (χ3v) is 7.33. The Hall–Kier alpha value is -2.21. The molecule has 3 nitrogen and oxygen atoms in total. The first-order chi connectivity index (χ1) is 13.3. The predicted molar refractivity (Wildman–Crippen MR) is 105 cm³/mol. The minimum atomic E-state index is -4.57. The lowest BCUT2D eigenvalue weighted by Gasteiger charge is -2.12. The maximum Gasteiger partial charge on any atom is 0.341 e. The standard InChI is InChI=1S/C22H22F2O3S/c1-14-11-16(5-8-20(14)27-2)19-13-22(9-10-22)12-18(19)15-3-6-17(7-4-15)28(25,26)21(23)24/h3-8,11,21H,9-10,12-13H2,1-2H3. The van der Waals surface area contributed by atoms with Gasteiger partial charge in [-0.3, -0.25) is 0 Å². The van der Waals surface area contributed by atoms with E-state index in [0.717, 1.165) is 35.3 Å². The average Bonchev–Trinajstić information content (AvgIpc) is 3.32. The van der Waals surface area contributed by atoms with Crippen LogP contribution in [0.1, 0.15) is 42.4 Å². The van der Waals surface area contributed by atoms with E-state index in [1.54, 1.807) is 19.2 Å². The Morgan fingerprint density at radius 2 is 1.54 bits per heavy atom. The SMILES string of the molecule is COc1ccc(C2=C(c3ccc(S(=O)(=O)C(F)F)cc3)CC3(CC3)C2)cc1C. The van der Waals surface area contributed by atoms with Crippen molar-refractivity contribution in [2.24, 2.45) is 5.41 Å². The van der Waals surface area contributed by atoms with Gasteiger partial charge in [0.15, 0.2) is 0 Å². The average molecular weight is 404 g/mol. The van der Waals surface area contributed by atoms with Crippen LogP contribution in [0.15, 0.2) is 47.4 Å². The van der Waals surface area contributed by atoms with E-state index in [1.807, 2.05) is 13.0 Å². The number of benzene rings is 2. The second-order valence-corrected chi connectivity index (χ2v) is 9.74. The summed E-state index contributed by atoms with van der Waals surface area (Å²) in [6, 6.07) is 12.0. The molecule has 0 saturated heterocycles. The summed E-state index contributed by atoms with van der Waals surface area (Å²) in [5.41, 5.74) is 5.85. The van der Waals surface area contributed by atoms with Crippen LogP contribution in [0, 0.1) is 12.3 Å². The van der Waals surface area contributed by atoms with Gasteiger partial charge in [-0.1, -0.05) is 18.2 Å². The number of halogens is 2. The lowest BCUT2D eigenvalue weighted by molar-refractivity contribution is 0.234. The topological polar surface area (TPSA) is 43.4 Å². The fourth-order valence-electron chi connectivity index (χ4n) is 4.12. The zero-order valence-electron chi connectivity index (χ0n) is 15.8. The molecule has 2 aliphatic rings. The first-order valence-electron chi connectivity index (χ1n) is 9.25. The smallest absolute Gasteiger partial charge is 0.341 e. The molecule has 0 N–H and O–H groups in total. The molecule has 0 aromatic heterocycles. The van der Waals surface area contributed by atoms with Gasteiger partial charge in [0.05, 0.1) is 12.0 Å². The van der Waals surface area contributed by atoms with Gasteiger partial charge in [-0.05, 0) is 90.1 Å². The largest absolute Gasteiger partial charge is 0.496 e. The normalized spacial score (nSPS) is 18.2. The van der Waals surface area contributed by atoms with Crippen LogP contribution in [0.3, 0.4) is 0 Å². The molecule has 28 heavy (non-hydrogen) atoms. The highest BCUT2D eigenvalue weighted by molar-refractivity contribution is 7.91. The molecule has 2 aromatic rings. The van der Waals surface area contributed by atoms with Crippen molar-refractivity contribution in [3.8, 4) is 5.75 Å². The Bertz CT molecular complexity index is 1050. The van der Waals surface area contributed by atoms with Gasteiger partial charge in [-0.15, -0.1) is 0 Å². The fourth-order valence-corrected chi connectivity index (χ4v) is 4.84. The van der Waals surface area contributed by atoms with E-state index < -0.39 is 15.6 Å². The maximum atomic E-state index is 12.8. The number of rotatable bonds is 5. The van der Waals surface area contributed by atoms with Crippen LogP contribution in [0.4, 0.5) is 8.78 Å². The van der Waals surface area contributed by atoms with Crippen molar-refractivity contribution in [3.05, 3.63) is 59.2 Å². The van der Waals surface area contributed by atoms with Gasteiger partial charge < -0.3 is 4.74 Å². The Balaban J connectivity index is 1.75. The molecule has 6 heteroatoms. The highest BCUT2D eigenvalue weighted by atomic mass is 32.2. The molecule has 2 aliphatic carbocycles. The van der Waals surface area contributed by atoms with Crippen molar-refractivity contribution in [1.29, 1.82) is 0 Å². The summed E-state index contributed by atoms with van der Waals surface area (Å²) in [6.45, 7) is 2.01. The second-order valence-electron chi connectivity index (χ2n) is 7.83. The van der Waals surface area contributed by atoms with Gasteiger partial charge in [0.25, 0.3) is 0 Å². The number of hydrogen-bond acceptors (Lipinski definition) is 3. The molecule has 4 rings (SSSR count). The Kier molecular flexibility index (Phi) is 4.57. The number of hydrogen-bond donors (Lipinski definition) is 0. The van der Waals surface area contributed by atoms with Crippen LogP contribution >= 0.6 is 0 Å². The molecule has 0 bridgehead atoms. The molecule has 1 fully saturated rings. The van der Waals surface area contributed by atoms with E-state index >= 15 is 0 Å². The molecular weight excluding hydrogens is 382 g/mol. The molecule has 0 radical (unpaired) electrons. The van der Waals surface area contributed by atoms with E-state index in [2.05, 4.69) is 12.1 Å². The molecule has 0 amide bonds. The molecular formula is C22H22F2O3S. The molecule has 1 saturated carbocycles. The fraction of sp³-hybridized carbons (Fsp3) is 0.364. The van der Waals surface area contributed by atoms with Gasteiger partial charge in [0, 0.05) is 0 Å². The van der Waals surface area contributed by atoms with Crippen molar-refractivity contribution in [2.45, 2.75) is 43.3 Å². The number of aryl methyl sites for hydroxylation is 1. The van der Waals surface area contributed by atoms with Gasteiger partial charge >= 0.3 is 5.76 Å². The molecule has 0 aliphatic heterocycles. The van der Waals surface area contributed by atoms with Crippen molar-refractivity contribution in [2.75, 3.05) is 7.11 Å². The lowest BCUT2D eigenvalue weighted by Crippen LogP contribution is -2.11. The summed E-state index contributed by atoms with van der Waals surface area (Å²) in [4.78, 5) is -0.340. The van der Waals surface area contributed by atoms with Gasteiger partial charge in [0.2, 0.25) is 9.84 Å². The highest BCUT2D eigenvalue weighted by Gasteiger charge is 2.48. The van der Waals surface area contributed by atoms with E-state index in [0.29, 0.717) is 5.41 Å². The van der Waals surface area contributed by atoms with E-state index in [-0.39, 0.29) is 4.90 Å². The van der Waals surface area contributed by atoms with Crippen LogP contribution in [-0.4, -0.2) is 21.3 Å². The highest BCUT2D eigenvalue weighted by Crippen LogP contribution is 2.63. The van der Waals surface area contributed by atoms with Crippen molar-refractivity contribution < 1.29 is 21.9 Å². The first kappa shape index (κ1) is 19.1. The zero-order chi connectivity index (χ0) is 20.1. The Morgan fingerprint density at radius 3 is 2.04 bits per heavy atom. The maximum absolute atomic E-state index is 12.8. The van der Waals surface area contributed by atoms with Gasteiger partial charge in [0.1, 0.15) is 5.75 Å². The summed E-state index contributed by atoms with van der Waals surface area (Å²) in [6.07, 6.45) is 4.31. The molecule has 1 spiro atoms. The van der Waals surface area contributed by atoms with Crippen molar-refractivity contribution in [3.63, 3.8) is 0 Å². The summed E-state index contributed by atoms with van der Waals surface area (Å²) in [5, 5.41) is 0. The quantitative estimate of drug-likeness (QED) is 0.662. The van der Waals surface area contributed by atoms with Gasteiger partial charge in [-0.25, -0.2) is 8.42 Å². The summed E-state index contributed by atoms with van der Waals surface area (Å²) in [7, 11) is -2.92.